The number of fused-ring (bicyclic) bond motifs is 1. The molecule has 0 N–H and O–H groups in total. The van der Waals surface area contributed by atoms with Crippen molar-refractivity contribution in [2.75, 3.05) is 38.4 Å². The van der Waals surface area contributed by atoms with Gasteiger partial charge in [-0.25, -0.2) is 0 Å². The van der Waals surface area contributed by atoms with Crippen LogP contribution >= 0.6 is 0 Å². The first-order valence-electron chi connectivity index (χ1n) is 8.65. The van der Waals surface area contributed by atoms with Crippen molar-refractivity contribution in [3.8, 4) is 0 Å². The zero-order chi connectivity index (χ0) is 15.9. The second kappa shape index (κ2) is 8.72. The minimum atomic E-state index is 0.477. The van der Waals surface area contributed by atoms with E-state index in [1.165, 1.54) is 40.7 Å². The highest BCUT2D eigenvalue weighted by Crippen LogP contribution is 2.31. The summed E-state index contributed by atoms with van der Waals surface area (Å²) in [6, 6.07) is 13.7. The molecule has 23 heavy (non-hydrogen) atoms. The van der Waals surface area contributed by atoms with E-state index in [-0.39, 0.29) is 0 Å². The predicted octanol–water partition coefficient (Wildman–Crippen LogP) is 4.21. The monoisotopic (exact) mass is 331 g/mol. The molecular formula is C20H27O2S+. The van der Waals surface area contributed by atoms with E-state index in [4.69, 9.17) is 9.47 Å². The van der Waals surface area contributed by atoms with E-state index in [9.17, 15) is 0 Å². The summed E-state index contributed by atoms with van der Waals surface area (Å²) < 4.78 is 10.6. The lowest BCUT2D eigenvalue weighted by Gasteiger charge is -2.10. The highest BCUT2D eigenvalue weighted by atomic mass is 32.2. The zero-order valence-electron chi connectivity index (χ0n) is 14.1. The average molecular weight is 332 g/mol. The maximum Gasteiger partial charge on any atom is 0.162 e. The molecule has 0 radical (unpaired) electrons. The fourth-order valence-electron chi connectivity index (χ4n) is 3.29. The molecule has 2 nitrogen and oxygen atoms in total. The van der Waals surface area contributed by atoms with Gasteiger partial charge >= 0.3 is 0 Å². The molecule has 3 rings (SSSR count). The van der Waals surface area contributed by atoms with Crippen LogP contribution in [0.2, 0.25) is 0 Å². The number of benzene rings is 2. The molecule has 2 aromatic carbocycles. The lowest BCUT2D eigenvalue weighted by Crippen LogP contribution is -2.06. The smallest absolute Gasteiger partial charge is 0.162 e. The second-order valence-corrected chi connectivity index (χ2v) is 8.33. The molecule has 0 amide bonds. The number of hydrogen-bond donors (Lipinski definition) is 0. The van der Waals surface area contributed by atoms with Crippen LogP contribution in [-0.2, 0) is 26.8 Å². The molecule has 0 aromatic heterocycles. The number of hydrogen-bond acceptors (Lipinski definition) is 2. The molecular weight excluding hydrogens is 304 g/mol. The van der Waals surface area contributed by atoms with Crippen LogP contribution in [-0.4, -0.2) is 38.4 Å². The Kier molecular flexibility index (Phi) is 6.37. The van der Waals surface area contributed by atoms with Crippen LogP contribution in [0.1, 0.15) is 24.8 Å². The Labute approximate surface area is 142 Å². The van der Waals surface area contributed by atoms with E-state index in [0.29, 0.717) is 24.1 Å². The summed E-state index contributed by atoms with van der Waals surface area (Å²) in [4.78, 5) is 1.60. The van der Waals surface area contributed by atoms with Gasteiger partial charge in [-0.1, -0.05) is 24.3 Å². The van der Waals surface area contributed by atoms with Crippen molar-refractivity contribution in [3.63, 3.8) is 0 Å². The lowest BCUT2D eigenvalue weighted by molar-refractivity contribution is 0.0696. The maximum absolute atomic E-state index is 5.59. The van der Waals surface area contributed by atoms with Gasteiger partial charge in [0, 0.05) is 30.0 Å². The maximum atomic E-state index is 5.59. The van der Waals surface area contributed by atoms with Crippen LogP contribution in [0.25, 0.3) is 10.8 Å². The minimum Gasteiger partial charge on any atom is -0.382 e. The van der Waals surface area contributed by atoms with E-state index < -0.39 is 0 Å². The molecule has 1 aliphatic heterocycles. The van der Waals surface area contributed by atoms with Crippen molar-refractivity contribution >= 4 is 21.7 Å². The van der Waals surface area contributed by atoms with Crippen molar-refractivity contribution in [2.24, 2.45) is 0 Å². The lowest BCUT2D eigenvalue weighted by atomic mass is 10.0. The van der Waals surface area contributed by atoms with Crippen molar-refractivity contribution < 1.29 is 9.47 Å². The Morgan fingerprint density at radius 3 is 2.48 bits per heavy atom. The first-order valence-corrected chi connectivity index (χ1v) is 10.2. The average Bonchev–Trinajstić information content (AvgIpc) is 3.12. The van der Waals surface area contributed by atoms with Gasteiger partial charge in [-0.15, -0.1) is 0 Å². The van der Waals surface area contributed by atoms with Crippen LogP contribution in [0.4, 0.5) is 0 Å². The SMILES string of the molecule is COCCOCCCc1ccc([S+]2CCCC2)c2ccccc12. The summed E-state index contributed by atoms with van der Waals surface area (Å²) in [6.07, 6.45) is 4.95. The van der Waals surface area contributed by atoms with Gasteiger partial charge in [0.25, 0.3) is 0 Å². The molecule has 1 saturated heterocycles. The fourth-order valence-corrected chi connectivity index (χ4v) is 5.79. The van der Waals surface area contributed by atoms with Gasteiger partial charge in [-0.05, 0) is 48.8 Å². The largest absolute Gasteiger partial charge is 0.382 e. The summed E-state index contributed by atoms with van der Waals surface area (Å²) >= 11 is 0. The third kappa shape index (κ3) is 4.28. The van der Waals surface area contributed by atoms with Crippen LogP contribution in [0.3, 0.4) is 0 Å². The molecule has 0 spiro atoms. The molecule has 1 heterocycles. The molecule has 0 saturated carbocycles. The Morgan fingerprint density at radius 1 is 0.913 bits per heavy atom. The Hall–Kier alpha value is -1.03. The normalized spacial score (nSPS) is 15.5. The van der Waals surface area contributed by atoms with Crippen LogP contribution in [0.5, 0.6) is 0 Å². The molecule has 0 bridgehead atoms. The van der Waals surface area contributed by atoms with E-state index in [0.717, 1.165) is 19.4 Å². The molecule has 2 aromatic rings. The van der Waals surface area contributed by atoms with Gasteiger partial charge in [0.2, 0.25) is 0 Å². The van der Waals surface area contributed by atoms with Gasteiger partial charge in [0.15, 0.2) is 4.90 Å². The number of aryl methyl sites for hydroxylation is 1. The zero-order valence-corrected chi connectivity index (χ0v) is 14.9. The summed E-state index contributed by atoms with van der Waals surface area (Å²) in [5.41, 5.74) is 1.46. The van der Waals surface area contributed by atoms with E-state index in [1.54, 1.807) is 12.0 Å². The van der Waals surface area contributed by atoms with Crippen molar-refractivity contribution in [2.45, 2.75) is 30.6 Å². The summed E-state index contributed by atoms with van der Waals surface area (Å²) in [6.45, 7) is 2.18. The quantitative estimate of drug-likeness (QED) is 0.533. The second-order valence-electron chi connectivity index (χ2n) is 6.09. The summed E-state index contributed by atoms with van der Waals surface area (Å²) in [7, 11) is 2.19. The number of methoxy groups -OCH3 is 1. The summed E-state index contributed by atoms with van der Waals surface area (Å²) in [5.74, 6) is 2.77. The Bertz CT molecular complexity index is 620. The van der Waals surface area contributed by atoms with Gasteiger partial charge in [-0.2, -0.15) is 0 Å². The molecule has 3 heteroatoms. The van der Waals surface area contributed by atoms with Crippen molar-refractivity contribution in [1.82, 2.24) is 0 Å². The van der Waals surface area contributed by atoms with E-state index in [1.807, 2.05) is 0 Å². The molecule has 1 fully saturated rings. The predicted molar refractivity (Wildman–Crippen MR) is 99.6 cm³/mol. The molecule has 0 aliphatic carbocycles. The van der Waals surface area contributed by atoms with Crippen molar-refractivity contribution in [3.05, 3.63) is 42.0 Å². The van der Waals surface area contributed by atoms with Crippen molar-refractivity contribution in [1.29, 1.82) is 0 Å². The third-order valence-electron chi connectivity index (χ3n) is 4.48. The first kappa shape index (κ1) is 16.8. The highest BCUT2D eigenvalue weighted by Gasteiger charge is 2.28. The molecule has 1 aliphatic rings. The Balaban J connectivity index is 1.70. The summed E-state index contributed by atoms with van der Waals surface area (Å²) in [5, 5.41) is 2.93. The van der Waals surface area contributed by atoms with E-state index >= 15 is 0 Å². The van der Waals surface area contributed by atoms with Gasteiger partial charge in [-0.3, -0.25) is 0 Å². The topological polar surface area (TPSA) is 18.5 Å². The standard InChI is InChI=1S/C20H27O2S/c1-21-13-14-22-12-6-7-17-10-11-20(23-15-4-5-16-23)19-9-3-2-8-18(17)19/h2-3,8-11H,4-7,12-16H2,1H3/q+1. The minimum absolute atomic E-state index is 0.477. The fraction of sp³-hybridized carbons (Fsp3) is 0.500. The van der Waals surface area contributed by atoms with Crippen LogP contribution < -0.4 is 0 Å². The molecule has 124 valence electrons. The third-order valence-corrected chi connectivity index (χ3v) is 7.02. The van der Waals surface area contributed by atoms with Crippen LogP contribution in [0.15, 0.2) is 41.3 Å². The van der Waals surface area contributed by atoms with Gasteiger partial charge in [0.05, 0.1) is 13.2 Å². The van der Waals surface area contributed by atoms with E-state index in [2.05, 4.69) is 36.4 Å². The Morgan fingerprint density at radius 2 is 1.70 bits per heavy atom. The van der Waals surface area contributed by atoms with Gasteiger partial charge in [0.1, 0.15) is 11.5 Å². The molecule has 0 atom stereocenters. The highest BCUT2D eigenvalue weighted by molar-refractivity contribution is 7.97. The molecule has 0 unspecified atom stereocenters. The van der Waals surface area contributed by atoms with Gasteiger partial charge < -0.3 is 9.47 Å². The number of rotatable bonds is 8. The first-order chi connectivity index (χ1) is 11.4. The number of ether oxygens (including phenoxy) is 2. The van der Waals surface area contributed by atoms with Crippen LogP contribution in [0, 0.1) is 0 Å².